The molecule has 158 valence electrons. The van der Waals surface area contributed by atoms with Crippen molar-refractivity contribution in [1.82, 2.24) is 5.32 Å². The van der Waals surface area contributed by atoms with E-state index in [-0.39, 0.29) is 13.2 Å². The van der Waals surface area contributed by atoms with Crippen LogP contribution in [0.15, 0.2) is 78.9 Å². The van der Waals surface area contributed by atoms with E-state index < -0.39 is 23.8 Å². The molecular weight excluding hydrogens is 404 g/mol. The summed E-state index contributed by atoms with van der Waals surface area (Å²) in [5, 5.41) is 2.89. The van der Waals surface area contributed by atoms with E-state index in [1.165, 1.54) is 4.90 Å². The van der Waals surface area contributed by atoms with Crippen molar-refractivity contribution in [3.63, 3.8) is 0 Å². The molecule has 1 heterocycles. The third-order valence-corrected chi connectivity index (χ3v) is 5.22. The van der Waals surface area contributed by atoms with Crippen molar-refractivity contribution in [3.05, 3.63) is 101 Å². The molecule has 32 heavy (non-hydrogen) atoms. The molecule has 1 N–H and O–H groups in total. The van der Waals surface area contributed by atoms with E-state index in [2.05, 4.69) is 11.2 Å². The lowest BCUT2D eigenvalue weighted by molar-refractivity contribution is -0.125. The average Bonchev–Trinajstić information content (AvgIpc) is 3.21. The van der Waals surface area contributed by atoms with Crippen LogP contribution in [0.2, 0.25) is 0 Å². The van der Waals surface area contributed by atoms with Gasteiger partial charge in [0.25, 0.3) is 0 Å². The molecule has 0 radical (unpaired) electrons. The summed E-state index contributed by atoms with van der Waals surface area (Å²) in [7, 11) is 0. The second kappa shape index (κ2) is 9.19. The number of cyclic esters (lactones) is 1. The largest absolute Gasteiger partial charge is 0.457 e. The molecule has 3 aromatic carbocycles. The van der Waals surface area contributed by atoms with Crippen LogP contribution in [0.5, 0.6) is 0 Å². The van der Waals surface area contributed by atoms with Gasteiger partial charge in [-0.05, 0) is 29.2 Å². The van der Waals surface area contributed by atoms with E-state index in [4.69, 9.17) is 11.2 Å². The maximum absolute atomic E-state index is 13.4. The van der Waals surface area contributed by atoms with Crippen LogP contribution in [0.1, 0.15) is 33.1 Å². The van der Waals surface area contributed by atoms with Crippen LogP contribution in [-0.4, -0.2) is 17.8 Å². The van der Waals surface area contributed by atoms with E-state index in [1.807, 2.05) is 36.4 Å². The van der Waals surface area contributed by atoms with Crippen LogP contribution in [0.3, 0.4) is 0 Å². The summed E-state index contributed by atoms with van der Waals surface area (Å²) >= 11 is 0. The molecule has 0 aromatic heterocycles. The van der Waals surface area contributed by atoms with Gasteiger partial charge in [0.05, 0.1) is 5.56 Å². The molecule has 0 spiro atoms. The number of esters is 1. The number of hydrogen-bond donors (Lipinski definition) is 1. The molecule has 0 saturated heterocycles. The molecule has 1 aliphatic rings. The Morgan fingerprint density at radius 3 is 2.41 bits per heavy atom. The van der Waals surface area contributed by atoms with Gasteiger partial charge < -0.3 is 10.1 Å². The van der Waals surface area contributed by atoms with Gasteiger partial charge in [-0.15, -0.1) is 6.42 Å². The van der Waals surface area contributed by atoms with Crippen molar-refractivity contribution < 1.29 is 19.1 Å². The second-order valence-electron chi connectivity index (χ2n) is 7.25. The Morgan fingerprint density at radius 1 is 1.03 bits per heavy atom. The fraction of sp³-hybridized carbons (Fsp3) is 0.115. The summed E-state index contributed by atoms with van der Waals surface area (Å²) in [4.78, 5) is 39.6. The Morgan fingerprint density at radius 2 is 1.72 bits per heavy atom. The molecular formula is C26H20N2O4. The zero-order chi connectivity index (χ0) is 22.5. The topological polar surface area (TPSA) is 75.7 Å². The average molecular weight is 424 g/mol. The van der Waals surface area contributed by atoms with Gasteiger partial charge in [0.2, 0.25) is 5.91 Å². The number of nitrogens with one attached hydrogen (secondary N) is 1. The van der Waals surface area contributed by atoms with Gasteiger partial charge in [-0.2, -0.15) is 0 Å². The first-order valence-corrected chi connectivity index (χ1v) is 10.0. The first-order chi connectivity index (χ1) is 15.6. The standard InChI is InChI=1S/C26H20N2O4/c1-2-23(29)28(21-14-13-20-17-32-26(31)22(20)15-21)24(19-11-7-4-8-12-19)25(30)27-16-18-9-5-3-6-10-18/h1,3-15,24H,16-17H2,(H,27,30). The molecule has 1 unspecified atom stereocenters. The molecule has 6 nitrogen and oxygen atoms in total. The van der Waals surface area contributed by atoms with Crippen molar-refractivity contribution in [1.29, 1.82) is 0 Å². The molecule has 0 fully saturated rings. The fourth-order valence-electron chi connectivity index (χ4n) is 3.64. The minimum absolute atomic E-state index is 0.178. The lowest BCUT2D eigenvalue weighted by Gasteiger charge is -2.30. The number of amides is 2. The number of hydrogen-bond acceptors (Lipinski definition) is 4. The van der Waals surface area contributed by atoms with Gasteiger partial charge in [0, 0.05) is 17.8 Å². The Bertz CT molecular complexity index is 1200. The molecule has 2 amide bonds. The normalized spacial score (nSPS) is 12.8. The summed E-state index contributed by atoms with van der Waals surface area (Å²) in [5.74, 6) is 0.549. The zero-order valence-electron chi connectivity index (χ0n) is 17.2. The first-order valence-electron chi connectivity index (χ1n) is 10.0. The van der Waals surface area contributed by atoms with E-state index in [1.54, 1.807) is 42.5 Å². The molecule has 1 aliphatic heterocycles. The molecule has 0 bridgehead atoms. The number of anilines is 1. The summed E-state index contributed by atoms with van der Waals surface area (Å²) in [6.07, 6.45) is 5.47. The minimum atomic E-state index is -1.03. The maximum Gasteiger partial charge on any atom is 0.338 e. The number of terminal acetylenes is 1. The Hall–Kier alpha value is -4.37. The number of benzene rings is 3. The van der Waals surface area contributed by atoms with Crippen LogP contribution in [0.4, 0.5) is 5.69 Å². The number of fused-ring (bicyclic) bond motifs is 1. The third-order valence-electron chi connectivity index (χ3n) is 5.22. The van der Waals surface area contributed by atoms with Gasteiger partial charge in [0.1, 0.15) is 12.6 Å². The number of ether oxygens (including phenoxy) is 1. The predicted octanol–water partition coefficient (Wildman–Crippen LogP) is 3.38. The van der Waals surface area contributed by atoms with Gasteiger partial charge in [-0.1, -0.05) is 66.7 Å². The summed E-state index contributed by atoms with van der Waals surface area (Å²) in [5.41, 5.74) is 2.92. The van der Waals surface area contributed by atoms with Gasteiger partial charge >= 0.3 is 11.9 Å². The lowest BCUT2D eigenvalue weighted by atomic mass is 10.0. The van der Waals surface area contributed by atoms with Crippen LogP contribution >= 0.6 is 0 Å². The quantitative estimate of drug-likeness (QED) is 0.486. The lowest BCUT2D eigenvalue weighted by Crippen LogP contribution is -2.43. The molecule has 4 rings (SSSR count). The van der Waals surface area contributed by atoms with Crippen molar-refractivity contribution in [2.75, 3.05) is 4.90 Å². The van der Waals surface area contributed by atoms with Gasteiger partial charge in [-0.25, -0.2) is 4.79 Å². The second-order valence-corrected chi connectivity index (χ2v) is 7.25. The SMILES string of the molecule is C#CC(=O)N(c1ccc2c(c1)C(=O)OC2)C(C(=O)NCc1ccccc1)c1ccccc1. The predicted molar refractivity (Wildman–Crippen MR) is 119 cm³/mol. The summed E-state index contributed by atoms with van der Waals surface area (Å²) < 4.78 is 5.06. The minimum Gasteiger partial charge on any atom is -0.457 e. The highest BCUT2D eigenvalue weighted by Gasteiger charge is 2.33. The van der Waals surface area contributed by atoms with Crippen molar-refractivity contribution >= 4 is 23.5 Å². The highest BCUT2D eigenvalue weighted by Crippen LogP contribution is 2.32. The molecule has 1 atom stereocenters. The summed E-state index contributed by atoms with van der Waals surface area (Å²) in [6, 6.07) is 22.2. The Balaban J connectivity index is 1.74. The highest BCUT2D eigenvalue weighted by molar-refractivity contribution is 6.10. The van der Waals surface area contributed by atoms with Gasteiger partial charge in [-0.3, -0.25) is 14.5 Å². The number of nitrogens with zero attached hydrogens (tertiary/aromatic N) is 1. The maximum atomic E-state index is 13.4. The van der Waals surface area contributed by atoms with Crippen LogP contribution < -0.4 is 10.2 Å². The van der Waals surface area contributed by atoms with Crippen molar-refractivity contribution in [2.24, 2.45) is 0 Å². The number of rotatable bonds is 6. The van der Waals surface area contributed by atoms with E-state index in [0.29, 0.717) is 16.8 Å². The molecule has 6 heteroatoms. The Kier molecular flexibility index (Phi) is 6.00. The number of carbonyl (C=O) groups excluding carboxylic acids is 3. The molecule has 0 saturated carbocycles. The highest BCUT2D eigenvalue weighted by atomic mass is 16.5. The van der Waals surface area contributed by atoms with Crippen LogP contribution in [0.25, 0.3) is 0 Å². The zero-order valence-corrected chi connectivity index (χ0v) is 17.2. The Labute approximate surface area is 185 Å². The smallest absolute Gasteiger partial charge is 0.338 e. The van der Waals surface area contributed by atoms with Gasteiger partial charge in [0.15, 0.2) is 0 Å². The van der Waals surface area contributed by atoms with E-state index >= 15 is 0 Å². The molecule has 3 aromatic rings. The monoisotopic (exact) mass is 424 g/mol. The van der Waals surface area contributed by atoms with E-state index in [0.717, 1.165) is 11.1 Å². The first kappa shape index (κ1) is 20.9. The van der Waals surface area contributed by atoms with Crippen molar-refractivity contribution in [2.45, 2.75) is 19.2 Å². The number of carbonyl (C=O) groups is 3. The van der Waals surface area contributed by atoms with Crippen LogP contribution in [-0.2, 0) is 27.5 Å². The van der Waals surface area contributed by atoms with Crippen LogP contribution in [0, 0.1) is 12.3 Å². The van der Waals surface area contributed by atoms with Crippen molar-refractivity contribution in [3.8, 4) is 12.3 Å². The van der Waals surface area contributed by atoms with E-state index in [9.17, 15) is 14.4 Å². The molecule has 0 aliphatic carbocycles. The third kappa shape index (κ3) is 4.23. The summed E-state index contributed by atoms with van der Waals surface area (Å²) in [6.45, 7) is 0.467. The fourth-order valence-corrected chi connectivity index (χ4v) is 3.64.